The van der Waals surface area contributed by atoms with Crippen molar-refractivity contribution < 1.29 is 14.3 Å². The van der Waals surface area contributed by atoms with Gasteiger partial charge in [0.2, 0.25) is 11.9 Å². The van der Waals surface area contributed by atoms with E-state index in [0.29, 0.717) is 37.5 Å². The number of nitrogens with one attached hydrogen (secondary N) is 2. The summed E-state index contributed by atoms with van der Waals surface area (Å²) in [4.78, 5) is 33.6. The van der Waals surface area contributed by atoms with Gasteiger partial charge in [0.15, 0.2) is 6.10 Å². The first-order valence-electron chi connectivity index (χ1n) is 9.46. The fraction of sp³-hybridized carbons (Fsp3) is 0.368. The lowest BCUT2D eigenvalue weighted by atomic mass is 10.2. The monoisotopic (exact) mass is 397 g/mol. The molecule has 10 nitrogen and oxygen atoms in total. The Morgan fingerprint density at radius 2 is 1.93 bits per heavy atom. The quantitative estimate of drug-likeness (QED) is 0.530. The molecule has 1 aromatic carbocycles. The lowest BCUT2D eigenvalue weighted by molar-refractivity contribution is -0.130. The predicted octanol–water partition coefficient (Wildman–Crippen LogP) is 0.584. The Bertz CT molecular complexity index is 915. The zero-order valence-electron chi connectivity index (χ0n) is 15.8. The fourth-order valence-corrected chi connectivity index (χ4v) is 3.09. The molecular formula is C19H23N7O3. The Kier molecular flexibility index (Phi) is 5.17. The average molecular weight is 397 g/mol. The van der Waals surface area contributed by atoms with Crippen LogP contribution in [-0.4, -0.2) is 53.6 Å². The number of aromatic nitrogens is 2. The molecule has 1 aromatic heterocycles. The smallest absolute Gasteiger partial charge is 0.254 e. The van der Waals surface area contributed by atoms with Gasteiger partial charge in [-0.2, -0.15) is 4.98 Å². The number of morpholine rings is 1. The van der Waals surface area contributed by atoms with Crippen LogP contribution in [0.2, 0.25) is 0 Å². The molecule has 2 aliphatic rings. The number of primary amides is 2. The van der Waals surface area contributed by atoms with Crippen LogP contribution in [0.1, 0.15) is 23.2 Å². The molecule has 1 unspecified atom stereocenters. The maximum atomic E-state index is 11.6. The molecule has 2 heterocycles. The molecule has 29 heavy (non-hydrogen) atoms. The van der Waals surface area contributed by atoms with Gasteiger partial charge in [0.25, 0.3) is 5.91 Å². The number of nitrogens with zero attached hydrogens (tertiary/aromatic N) is 3. The largest absolute Gasteiger partial charge is 0.367 e. The van der Waals surface area contributed by atoms with Gasteiger partial charge in [-0.1, -0.05) is 0 Å². The molecule has 0 radical (unpaired) electrons. The third kappa shape index (κ3) is 4.54. The maximum Gasteiger partial charge on any atom is 0.254 e. The Labute approximate surface area is 167 Å². The number of nitrogens with two attached hydrogens (primary N) is 2. The molecule has 10 heteroatoms. The van der Waals surface area contributed by atoms with Crippen molar-refractivity contribution in [3.05, 3.63) is 36.0 Å². The van der Waals surface area contributed by atoms with E-state index in [9.17, 15) is 9.59 Å². The zero-order chi connectivity index (χ0) is 20.4. The second-order valence-electron chi connectivity index (χ2n) is 7.12. The molecule has 0 spiro atoms. The van der Waals surface area contributed by atoms with E-state index in [1.807, 2.05) is 24.3 Å². The van der Waals surface area contributed by atoms with Crippen LogP contribution in [0.5, 0.6) is 0 Å². The molecule has 6 N–H and O–H groups in total. The number of rotatable bonds is 7. The first-order valence-corrected chi connectivity index (χ1v) is 9.46. The van der Waals surface area contributed by atoms with Crippen LogP contribution in [0.25, 0.3) is 0 Å². The van der Waals surface area contributed by atoms with Gasteiger partial charge in [0, 0.05) is 30.2 Å². The summed E-state index contributed by atoms with van der Waals surface area (Å²) >= 11 is 0. The molecule has 152 valence electrons. The minimum Gasteiger partial charge on any atom is -0.367 e. The third-order valence-electron chi connectivity index (χ3n) is 4.84. The second-order valence-corrected chi connectivity index (χ2v) is 7.12. The minimum absolute atomic E-state index is 0.272. The molecular weight excluding hydrogens is 374 g/mol. The average Bonchev–Trinajstić information content (AvgIpc) is 3.53. The molecule has 1 aliphatic carbocycles. The molecule has 1 aliphatic heterocycles. The van der Waals surface area contributed by atoms with Crippen LogP contribution in [-0.2, 0) is 9.53 Å². The van der Waals surface area contributed by atoms with E-state index in [0.717, 1.165) is 24.2 Å². The Morgan fingerprint density at radius 1 is 1.17 bits per heavy atom. The first-order chi connectivity index (χ1) is 14.0. The summed E-state index contributed by atoms with van der Waals surface area (Å²) in [6.45, 7) is 1.56. The molecule has 1 atom stereocenters. The number of anilines is 4. The van der Waals surface area contributed by atoms with Crippen LogP contribution in [0.15, 0.2) is 30.5 Å². The Hall–Kier alpha value is -3.40. The number of hydrogen-bond acceptors (Lipinski definition) is 8. The summed E-state index contributed by atoms with van der Waals surface area (Å²) in [5, 5.41) is 6.34. The maximum absolute atomic E-state index is 11.6. The number of ether oxygens (including phenoxy) is 1. The number of carbonyl (C=O) groups excluding carboxylic acids is 2. The fourth-order valence-electron chi connectivity index (χ4n) is 3.09. The van der Waals surface area contributed by atoms with Crippen LogP contribution in [0, 0.1) is 0 Å². The normalized spacial score (nSPS) is 18.9. The van der Waals surface area contributed by atoms with Crippen LogP contribution >= 0.6 is 0 Å². The van der Waals surface area contributed by atoms with Gasteiger partial charge in [-0.15, -0.1) is 0 Å². The van der Waals surface area contributed by atoms with Crippen LogP contribution in [0.4, 0.5) is 23.1 Å². The van der Waals surface area contributed by atoms with E-state index in [1.165, 1.54) is 6.20 Å². The van der Waals surface area contributed by atoms with Gasteiger partial charge >= 0.3 is 0 Å². The third-order valence-corrected chi connectivity index (χ3v) is 4.84. The van der Waals surface area contributed by atoms with Crippen molar-refractivity contribution in [2.24, 2.45) is 11.5 Å². The lowest BCUT2D eigenvalue weighted by Gasteiger charge is -2.33. The van der Waals surface area contributed by atoms with E-state index in [4.69, 9.17) is 16.2 Å². The molecule has 1 saturated heterocycles. The topological polar surface area (TPSA) is 148 Å². The molecule has 2 amide bonds. The Morgan fingerprint density at radius 3 is 2.59 bits per heavy atom. The number of amides is 2. The van der Waals surface area contributed by atoms with Crippen molar-refractivity contribution in [3.63, 3.8) is 0 Å². The predicted molar refractivity (Wildman–Crippen MR) is 108 cm³/mol. The van der Waals surface area contributed by atoms with E-state index in [1.54, 1.807) is 0 Å². The van der Waals surface area contributed by atoms with Crippen LogP contribution < -0.4 is 27.0 Å². The summed E-state index contributed by atoms with van der Waals surface area (Å²) in [5.41, 5.74) is 12.8. The summed E-state index contributed by atoms with van der Waals surface area (Å²) in [6.07, 6.45) is 2.92. The highest BCUT2D eigenvalue weighted by Crippen LogP contribution is 2.27. The highest BCUT2D eigenvalue weighted by atomic mass is 16.5. The SMILES string of the molecule is NC(=O)c1cnc(Nc2ccc(N3CCOC(C(N)=O)C3)cc2)nc1NC1CC1. The molecule has 2 aromatic rings. The van der Waals surface area contributed by atoms with Gasteiger partial charge in [0.05, 0.1) is 18.7 Å². The lowest BCUT2D eigenvalue weighted by Crippen LogP contribution is -2.48. The summed E-state index contributed by atoms with van der Waals surface area (Å²) < 4.78 is 5.38. The number of carbonyl (C=O) groups is 2. The van der Waals surface area contributed by atoms with Gasteiger partial charge in [0.1, 0.15) is 5.82 Å². The summed E-state index contributed by atoms with van der Waals surface area (Å²) in [5.74, 6) is -0.213. The molecule has 1 saturated carbocycles. The first kappa shape index (κ1) is 18.9. The van der Waals surface area contributed by atoms with Crippen molar-refractivity contribution in [1.29, 1.82) is 0 Å². The minimum atomic E-state index is -0.601. The van der Waals surface area contributed by atoms with Gasteiger partial charge in [-0.25, -0.2) is 4.98 Å². The zero-order valence-corrected chi connectivity index (χ0v) is 15.8. The molecule has 4 rings (SSSR count). The molecule has 0 bridgehead atoms. The molecule has 2 fully saturated rings. The van der Waals surface area contributed by atoms with Crippen molar-refractivity contribution in [1.82, 2.24) is 9.97 Å². The van der Waals surface area contributed by atoms with E-state index < -0.39 is 17.9 Å². The van der Waals surface area contributed by atoms with Crippen LogP contribution in [0.3, 0.4) is 0 Å². The van der Waals surface area contributed by atoms with E-state index >= 15 is 0 Å². The number of hydrogen-bond donors (Lipinski definition) is 4. The van der Waals surface area contributed by atoms with Crippen molar-refractivity contribution >= 4 is 35.0 Å². The van der Waals surface area contributed by atoms with Crippen molar-refractivity contribution in [2.75, 3.05) is 35.2 Å². The van der Waals surface area contributed by atoms with Crippen molar-refractivity contribution in [2.45, 2.75) is 25.0 Å². The van der Waals surface area contributed by atoms with Gasteiger partial charge in [-0.3, -0.25) is 9.59 Å². The van der Waals surface area contributed by atoms with Crippen molar-refractivity contribution in [3.8, 4) is 0 Å². The van der Waals surface area contributed by atoms with E-state index in [2.05, 4.69) is 25.5 Å². The van der Waals surface area contributed by atoms with E-state index in [-0.39, 0.29) is 5.56 Å². The summed E-state index contributed by atoms with van der Waals surface area (Å²) in [7, 11) is 0. The standard InChI is InChI=1S/C19H23N7O3/c20-16(27)14-9-22-19(25-18(14)23-11-1-2-11)24-12-3-5-13(6-4-12)26-7-8-29-15(10-26)17(21)28/h3-6,9,11,15H,1-2,7-8,10H2,(H2,20,27)(H2,21,28)(H2,22,23,24,25). The highest BCUT2D eigenvalue weighted by molar-refractivity contribution is 5.97. The number of benzene rings is 1. The van der Waals surface area contributed by atoms with Gasteiger partial charge < -0.3 is 31.7 Å². The highest BCUT2D eigenvalue weighted by Gasteiger charge is 2.25. The second kappa shape index (κ2) is 7.92. The van der Waals surface area contributed by atoms with Gasteiger partial charge in [-0.05, 0) is 37.1 Å². The Balaban J connectivity index is 1.46. The summed E-state index contributed by atoms with van der Waals surface area (Å²) in [6, 6.07) is 7.99.